The fourth-order valence-corrected chi connectivity index (χ4v) is 2.61. The molecule has 0 unspecified atom stereocenters. The number of nitrogens with one attached hydrogen (secondary N) is 1. The van der Waals surface area contributed by atoms with Crippen LogP contribution in [0.3, 0.4) is 0 Å². The van der Waals surface area contributed by atoms with Gasteiger partial charge in [-0.25, -0.2) is 0 Å². The Morgan fingerprint density at radius 3 is 2.42 bits per heavy atom. The van der Waals surface area contributed by atoms with Crippen molar-refractivity contribution >= 4 is 22.5 Å². The smallest absolute Gasteiger partial charge is 0.265 e. The van der Waals surface area contributed by atoms with E-state index in [9.17, 15) is 4.79 Å². The lowest BCUT2D eigenvalue weighted by molar-refractivity contribution is -0.122. The van der Waals surface area contributed by atoms with E-state index in [1.54, 1.807) is 51.6 Å². The van der Waals surface area contributed by atoms with Gasteiger partial charge in [0, 0.05) is 11.6 Å². The predicted molar refractivity (Wildman–Crippen MR) is 100 cm³/mol. The van der Waals surface area contributed by atoms with Crippen LogP contribution in [-0.2, 0) is 4.79 Å². The van der Waals surface area contributed by atoms with Crippen molar-refractivity contribution in [2.45, 2.75) is 13.0 Å². The third-order valence-corrected chi connectivity index (χ3v) is 3.95. The van der Waals surface area contributed by atoms with E-state index in [0.717, 1.165) is 5.39 Å². The van der Waals surface area contributed by atoms with Gasteiger partial charge in [-0.15, -0.1) is 0 Å². The molecule has 1 aromatic heterocycles. The van der Waals surface area contributed by atoms with Crippen LogP contribution in [0.1, 0.15) is 6.92 Å². The lowest BCUT2D eigenvalue weighted by Crippen LogP contribution is -2.30. The summed E-state index contributed by atoms with van der Waals surface area (Å²) in [4.78, 5) is 16.9. The second kappa shape index (κ2) is 7.74. The van der Waals surface area contributed by atoms with Crippen molar-refractivity contribution in [3.05, 3.63) is 54.7 Å². The summed E-state index contributed by atoms with van der Waals surface area (Å²) in [6.45, 7) is 1.69. The number of para-hydroxylation sites is 2. The van der Waals surface area contributed by atoms with Crippen molar-refractivity contribution in [2.24, 2.45) is 0 Å². The molecule has 0 saturated heterocycles. The normalized spacial score (nSPS) is 11.7. The fourth-order valence-electron chi connectivity index (χ4n) is 2.61. The van der Waals surface area contributed by atoms with Crippen LogP contribution < -0.4 is 19.5 Å². The maximum absolute atomic E-state index is 12.6. The molecule has 0 spiro atoms. The molecule has 1 atom stereocenters. The highest BCUT2D eigenvalue weighted by atomic mass is 16.5. The molecule has 1 N–H and O–H groups in total. The van der Waals surface area contributed by atoms with Crippen LogP contribution in [0.15, 0.2) is 54.7 Å². The highest BCUT2D eigenvalue weighted by molar-refractivity contribution is 6.04. The number of benzene rings is 2. The summed E-state index contributed by atoms with van der Waals surface area (Å²) in [5.41, 5.74) is 1.33. The zero-order valence-corrected chi connectivity index (χ0v) is 14.9. The fraction of sp³-hybridized carbons (Fsp3) is 0.200. The average Bonchev–Trinajstić information content (AvgIpc) is 2.68. The van der Waals surface area contributed by atoms with Crippen molar-refractivity contribution in [3.63, 3.8) is 0 Å². The van der Waals surface area contributed by atoms with Gasteiger partial charge < -0.3 is 19.5 Å². The second-order valence-corrected chi connectivity index (χ2v) is 5.62. The van der Waals surface area contributed by atoms with Crippen LogP contribution in [0.5, 0.6) is 17.2 Å². The Morgan fingerprint density at radius 2 is 1.69 bits per heavy atom. The van der Waals surface area contributed by atoms with Crippen LogP contribution >= 0.6 is 0 Å². The number of nitrogens with zero attached hydrogens (tertiary/aromatic N) is 1. The highest BCUT2D eigenvalue weighted by Crippen LogP contribution is 2.30. The van der Waals surface area contributed by atoms with Crippen molar-refractivity contribution < 1.29 is 19.0 Å². The standard InChI is InChI=1S/C20H20N2O4/c1-13(26-17-9-5-4-8-16(17)24-2)20(23)22-15-10-11-18(25-3)19-14(15)7-6-12-21-19/h4-13H,1-3H3,(H,22,23)/t13-/m0/s1. The Hall–Kier alpha value is -3.28. The number of anilines is 1. The van der Waals surface area contributed by atoms with Gasteiger partial charge in [0.05, 0.1) is 19.9 Å². The van der Waals surface area contributed by atoms with Crippen LogP contribution in [0.2, 0.25) is 0 Å². The molecular weight excluding hydrogens is 332 g/mol. The van der Waals surface area contributed by atoms with Crippen LogP contribution in [-0.4, -0.2) is 31.2 Å². The molecule has 134 valence electrons. The van der Waals surface area contributed by atoms with Gasteiger partial charge in [-0.05, 0) is 43.3 Å². The van der Waals surface area contributed by atoms with Crippen molar-refractivity contribution in [2.75, 3.05) is 19.5 Å². The molecule has 0 radical (unpaired) electrons. The zero-order valence-electron chi connectivity index (χ0n) is 14.9. The Labute approximate surface area is 151 Å². The van der Waals surface area contributed by atoms with Crippen LogP contribution in [0.4, 0.5) is 5.69 Å². The lowest BCUT2D eigenvalue weighted by atomic mass is 10.1. The first kappa shape index (κ1) is 17.5. The molecule has 2 aromatic carbocycles. The molecule has 3 rings (SSSR count). The number of aromatic nitrogens is 1. The molecule has 0 aliphatic rings. The Bertz CT molecular complexity index is 927. The van der Waals surface area contributed by atoms with Gasteiger partial charge in [0.2, 0.25) is 0 Å². The van der Waals surface area contributed by atoms with E-state index in [1.165, 1.54) is 0 Å². The number of pyridine rings is 1. The topological polar surface area (TPSA) is 69.7 Å². The molecule has 3 aromatic rings. The molecule has 26 heavy (non-hydrogen) atoms. The van der Waals surface area contributed by atoms with Crippen molar-refractivity contribution in [3.8, 4) is 17.2 Å². The van der Waals surface area contributed by atoms with E-state index in [-0.39, 0.29) is 5.91 Å². The third kappa shape index (κ3) is 3.54. The number of carbonyl (C=O) groups excluding carboxylic acids is 1. The van der Waals surface area contributed by atoms with Crippen LogP contribution in [0, 0.1) is 0 Å². The van der Waals surface area contributed by atoms with Gasteiger partial charge in [0.15, 0.2) is 17.6 Å². The minimum Gasteiger partial charge on any atom is -0.494 e. The number of hydrogen-bond acceptors (Lipinski definition) is 5. The molecule has 0 aliphatic carbocycles. The Morgan fingerprint density at radius 1 is 0.962 bits per heavy atom. The van der Waals surface area contributed by atoms with Gasteiger partial charge in [0.1, 0.15) is 11.3 Å². The molecule has 1 amide bonds. The second-order valence-electron chi connectivity index (χ2n) is 5.62. The van der Waals surface area contributed by atoms with E-state index in [4.69, 9.17) is 14.2 Å². The van der Waals surface area contributed by atoms with Gasteiger partial charge in [-0.3, -0.25) is 9.78 Å². The molecule has 0 bridgehead atoms. The lowest BCUT2D eigenvalue weighted by Gasteiger charge is -2.17. The number of methoxy groups -OCH3 is 2. The number of ether oxygens (including phenoxy) is 3. The minimum absolute atomic E-state index is 0.272. The van der Waals surface area contributed by atoms with Crippen molar-refractivity contribution in [1.82, 2.24) is 4.98 Å². The summed E-state index contributed by atoms with van der Waals surface area (Å²) < 4.78 is 16.3. The maximum Gasteiger partial charge on any atom is 0.265 e. The zero-order chi connectivity index (χ0) is 18.5. The van der Waals surface area contributed by atoms with Gasteiger partial charge in [-0.1, -0.05) is 12.1 Å². The first-order valence-electron chi connectivity index (χ1n) is 8.16. The quantitative estimate of drug-likeness (QED) is 0.733. The minimum atomic E-state index is -0.708. The monoisotopic (exact) mass is 352 g/mol. The maximum atomic E-state index is 12.6. The van der Waals surface area contributed by atoms with E-state index in [2.05, 4.69) is 10.3 Å². The van der Waals surface area contributed by atoms with Gasteiger partial charge >= 0.3 is 0 Å². The van der Waals surface area contributed by atoms with E-state index in [1.807, 2.05) is 24.3 Å². The third-order valence-electron chi connectivity index (χ3n) is 3.95. The summed E-state index contributed by atoms with van der Waals surface area (Å²) in [6, 6.07) is 14.5. The molecule has 0 aliphatic heterocycles. The molecule has 0 fully saturated rings. The SMILES string of the molecule is COc1ccccc1O[C@@H](C)C(=O)Nc1ccc(OC)c2ncccc12. The Kier molecular flexibility index (Phi) is 5.22. The van der Waals surface area contributed by atoms with E-state index >= 15 is 0 Å². The molecule has 0 saturated carbocycles. The highest BCUT2D eigenvalue weighted by Gasteiger charge is 2.18. The molecule has 6 nitrogen and oxygen atoms in total. The predicted octanol–water partition coefficient (Wildman–Crippen LogP) is 3.66. The summed E-state index contributed by atoms with van der Waals surface area (Å²) in [5, 5.41) is 3.69. The Balaban J connectivity index is 1.81. The molecule has 6 heteroatoms. The van der Waals surface area contributed by atoms with Crippen LogP contribution in [0.25, 0.3) is 10.9 Å². The van der Waals surface area contributed by atoms with E-state index in [0.29, 0.717) is 28.5 Å². The number of fused-ring (bicyclic) bond motifs is 1. The molecule has 1 heterocycles. The average molecular weight is 352 g/mol. The van der Waals surface area contributed by atoms with Gasteiger partial charge in [-0.2, -0.15) is 0 Å². The number of carbonyl (C=O) groups is 1. The number of amides is 1. The number of rotatable bonds is 6. The molecular formula is C20H20N2O4. The summed E-state index contributed by atoms with van der Waals surface area (Å²) >= 11 is 0. The summed E-state index contributed by atoms with van der Waals surface area (Å²) in [5.74, 6) is 1.47. The van der Waals surface area contributed by atoms with Crippen molar-refractivity contribution in [1.29, 1.82) is 0 Å². The summed E-state index contributed by atoms with van der Waals surface area (Å²) in [6.07, 6.45) is 0.976. The first-order valence-corrected chi connectivity index (χ1v) is 8.16. The first-order chi connectivity index (χ1) is 12.6. The van der Waals surface area contributed by atoms with Gasteiger partial charge in [0.25, 0.3) is 5.91 Å². The summed E-state index contributed by atoms with van der Waals surface area (Å²) in [7, 11) is 3.15. The van der Waals surface area contributed by atoms with E-state index < -0.39 is 6.10 Å². The number of hydrogen-bond donors (Lipinski definition) is 1. The largest absolute Gasteiger partial charge is 0.494 e.